The van der Waals surface area contributed by atoms with E-state index < -0.39 is 6.03 Å². The van der Waals surface area contributed by atoms with Crippen molar-refractivity contribution >= 4 is 34.9 Å². The Bertz CT molecular complexity index is 991. The zero-order valence-corrected chi connectivity index (χ0v) is 18.9. The number of nitrogens with zero attached hydrogens (tertiary/aromatic N) is 4. The van der Waals surface area contributed by atoms with Crippen LogP contribution in [0.4, 0.5) is 21.9 Å². The molecular weight excluding hydrogens is 420 g/mol. The second kappa shape index (κ2) is 10.5. The van der Waals surface area contributed by atoms with E-state index >= 15 is 0 Å². The van der Waals surface area contributed by atoms with Crippen molar-refractivity contribution in [2.75, 3.05) is 74.5 Å². The number of hydrogen-bond acceptors (Lipinski definition) is 5. The van der Waals surface area contributed by atoms with E-state index in [0.717, 1.165) is 32.7 Å². The number of amides is 4. The van der Waals surface area contributed by atoms with Crippen LogP contribution in [0.5, 0.6) is 0 Å². The van der Waals surface area contributed by atoms with E-state index in [-0.39, 0.29) is 24.9 Å². The van der Waals surface area contributed by atoms with Gasteiger partial charge in [-0.25, -0.2) is 4.79 Å². The molecule has 2 aliphatic rings. The highest BCUT2D eigenvalue weighted by molar-refractivity contribution is 6.14. The highest BCUT2D eigenvalue weighted by Crippen LogP contribution is 2.33. The van der Waals surface area contributed by atoms with Crippen LogP contribution in [0.15, 0.2) is 54.6 Å². The molecule has 9 heteroatoms. The van der Waals surface area contributed by atoms with E-state index in [1.807, 2.05) is 24.3 Å². The summed E-state index contributed by atoms with van der Waals surface area (Å²) >= 11 is 0. The predicted molar refractivity (Wildman–Crippen MR) is 129 cm³/mol. The molecule has 1 saturated heterocycles. The first-order valence-electron chi connectivity index (χ1n) is 11.2. The minimum absolute atomic E-state index is 0.0767. The fourth-order valence-electron chi connectivity index (χ4n) is 4.05. The number of para-hydroxylation sites is 3. The molecule has 0 spiro atoms. The maximum absolute atomic E-state index is 12.9. The van der Waals surface area contributed by atoms with Gasteiger partial charge in [-0.3, -0.25) is 24.3 Å². The molecule has 2 N–H and O–H groups in total. The Morgan fingerprint density at radius 2 is 1.58 bits per heavy atom. The van der Waals surface area contributed by atoms with Crippen LogP contribution in [0, 0.1) is 0 Å². The molecule has 2 aliphatic heterocycles. The Kier molecular flexibility index (Phi) is 7.21. The summed E-state index contributed by atoms with van der Waals surface area (Å²) < 4.78 is 0. The Hall–Kier alpha value is -3.43. The van der Waals surface area contributed by atoms with Gasteiger partial charge in [0, 0.05) is 45.0 Å². The van der Waals surface area contributed by atoms with Crippen LogP contribution in [0.1, 0.15) is 0 Å². The van der Waals surface area contributed by atoms with Gasteiger partial charge in [0.2, 0.25) is 11.8 Å². The average molecular weight is 451 g/mol. The van der Waals surface area contributed by atoms with Crippen molar-refractivity contribution in [3.8, 4) is 0 Å². The summed E-state index contributed by atoms with van der Waals surface area (Å²) in [6.45, 7) is 5.16. The summed E-state index contributed by atoms with van der Waals surface area (Å²) in [5, 5.41) is 5.75. The summed E-state index contributed by atoms with van der Waals surface area (Å²) in [5.74, 6) is -0.513. The van der Waals surface area contributed by atoms with Gasteiger partial charge < -0.3 is 15.5 Å². The Morgan fingerprint density at radius 1 is 0.909 bits per heavy atom. The third-order valence-electron chi connectivity index (χ3n) is 5.98. The van der Waals surface area contributed by atoms with Crippen LogP contribution in [0.3, 0.4) is 0 Å². The van der Waals surface area contributed by atoms with Gasteiger partial charge in [-0.1, -0.05) is 30.3 Å². The SMILES string of the molecule is CN1CCN(CCNC(=O)CN2C(=O)CN(C(=O)Nc3ccccc3)c3ccccc32)CC1. The molecule has 1 fully saturated rings. The number of rotatable bonds is 6. The van der Waals surface area contributed by atoms with E-state index in [0.29, 0.717) is 23.6 Å². The molecule has 2 heterocycles. The topological polar surface area (TPSA) is 88.2 Å². The highest BCUT2D eigenvalue weighted by Gasteiger charge is 2.33. The zero-order valence-electron chi connectivity index (χ0n) is 18.9. The Balaban J connectivity index is 1.37. The summed E-state index contributed by atoms with van der Waals surface area (Å²) in [5.41, 5.74) is 1.79. The van der Waals surface area contributed by atoms with Gasteiger partial charge in [-0.05, 0) is 31.3 Å². The van der Waals surface area contributed by atoms with Gasteiger partial charge in [0.05, 0.1) is 11.4 Å². The minimum Gasteiger partial charge on any atom is -0.353 e. The first-order valence-corrected chi connectivity index (χ1v) is 11.2. The van der Waals surface area contributed by atoms with Crippen LogP contribution < -0.4 is 20.4 Å². The molecule has 0 unspecified atom stereocenters. The summed E-state index contributed by atoms with van der Waals surface area (Å²) in [4.78, 5) is 45.9. The Morgan fingerprint density at radius 3 is 2.30 bits per heavy atom. The smallest absolute Gasteiger partial charge is 0.326 e. The summed E-state index contributed by atoms with van der Waals surface area (Å²) in [7, 11) is 2.11. The first kappa shape index (κ1) is 22.8. The third kappa shape index (κ3) is 5.68. The molecular formula is C24H30N6O3. The van der Waals surface area contributed by atoms with Crippen LogP contribution in [-0.2, 0) is 9.59 Å². The molecule has 0 atom stereocenters. The number of carbonyl (C=O) groups excluding carboxylic acids is 3. The van der Waals surface area contributed by atoms with Gasteiger partial charge in [0.15, 0.2) is 0 Å². The molecule has 33 heavy (non-hydrogen) atoms. The number of hydrogen-bond donors (Lipinski definition) is 2. The van der Waals surface area contributed by atoms with Crippen LogP contribution in [-0.4, -0.2) is 87.1 Å². The van der Waals surface area contributed by atoms with Crippen LogP contribution in [0.25, 0.3) is 0 Å². The average Bonchev–Trinajstić information content (AvgIpc) is 2.82. The van der Waals surface area contributed by atoms with Gasteiger partial charge in [0.1, 0.15) is 13.1 Å². The monoisotopic (exact) mass is 450 g/mol. The number of benzene rings is 2. The van der Waals surface area contributed by atoms with Crippen molar-refractivity contribution in [2.24, 2.45) is 0 Å². The minimum atomic E-state index is -0.390. The predicted octanol–water partition coefficient (Wildman–Crippen LogP) is 1.44. The molecule has 2 aromatic carbocycles. The van der Waals surface area contributed by atoms with Gasteiger partial charge in [-0.2, -0.15) is 0 Å². The van der Waals surface area contributed by atoms with Crippen LogP contribution >= 0.6 is 0 Å². The van der Waals surface area contributed by atoms with Crippen molar-refractivity contribution < 1.29 is 14.4 Å². The molecule has 0 aromatic heterocycles. The fourth-order valence-corrected chi connectivity index (χ4v) is 4.05. The number of likely N-dealkylation sites (N-methyl/N-ethyl adjacent to an activating group) is 1. The van der Waals surface area contributed by atoms with E-state index in [1.54, 1.807) is 30.3 Å². The standard InChI is InChI=1S/C24H30N6O3/c1-27-13-15-28(16-14-27)12-11-25-22(31)17-29-20-9-5-6-10-21(20)30(18-23(29)32)24(33)26-19-7-3-2-4-8-19/h2-10H,11-18H2,1H3,(H,25,31)(H,26,33). The molecule has 174 valence electrons. The van der Waals surface area contributed by atoms with Gasteiger partial charge >= 0.3 is 6.03 Å². The number of piperazine rings is 1. The quantitative estimate of drug-likeness (QED) is 0.695. The van der Waals surface area contributed by atoms with Gasteiger partial charge in [-0.15, -0.1) is 0 Å². The first-order chi connectivity index (χ1) is 16.0. The molecule has 4 amide bonds. The highest BCUT2D eigenvalue weighted by atomic mass is 16.2. The van der Waals surface area contributed by atoms with E-state index in [1.165, 1.54) is 9.80 Å². The number of urea groups is 1. The van der Waals surface area contributed by atoms with Gasteiger partial charge in [0.25, 0.3) is 0 Å². The molecule has 9 nitrogen and oxygen atoms in total. The number of carbonyl (C=O) groups is 3. The fraction of sp³-hybridized carbons (Fsp3) is 0.375. The Labute approximate surface area is 193 Å². The van der Waals surface area contributed by atoms with Crippen molar-refractivity contribution in [3.63, 3.8) is 0 Å². The molecule has 4 rings (SSSR count). The number of fused-ring (bicyclic) bond motifs is 1. The lowest BCUT2D eigenvalue weighted by Gasteiger charge is -2.35. The van der Waals surface area contributed by atoms with Crippen molar-refractivity contribution in [1.29, 1.82) is 0 Å². The molecule has 0 saturated carbocycles. The maximum Gasteiger partial charge on any atom is 0.326 e. The lowest BCUT2D eigenvalue weighted by atomic mass is 10.1. The summed E-state index contributed by atoms with van der Waals surface area (Å²) in [6, 6.07) is 15.8. The number of nitrogens with one attached hydrogen (secondary N) is 2. The van der Waals surface area contributed by atoms with Crippen molar-refractivity contribution in [2.45, 2.75) is 0 Å². The zero-order chi connectivity index (χ0) is 23.2. The van der Waals surface area contributed by atoms with Crippen molar-refractivity contribution in [1.82, 2.24) is 15.1 Å². The molecule has 2 aromatic rings. The molecule has 0 radical (unpaired) electrons. The largest absolute Gasteiger partial charge is 0.353 e. The third-order valence-corrected chi connectivity index (χ3v) is 5.98. The van der Waals surface area contributed by atoms with E-state index in [4.69, 9.17) is 0 Å². The maximum atomic E-state index is 12.9. The second-order valence-corrected chi connectivity index (χ2v) is 8.35. The second-order valence-electron chi connectivity index (χ2n) is 8.35. The molecule has 0 aliphatic carbocycles. The normalized spacial score (nSPS) is 16.9. The number of anilines is 3. The summed E-state index contributed by atoms with van der Waals surface area (Å²) in [6.07, 6.45) is 0. The lowest BCUT2D eigenvalue weighted by molar-refractivity contribution is -0.123. The van der Waals surface area contributed by atoms with E-state index in [2.05, 4.69) is 27.5 Å². The lowest BCUT2D eigenvalue weighted by Crippen LogP contribution is -2.52. The molecule has 0 bridgehead atoms. The van der Waals surface area contributed by atoms with E-state index in [9.17, 15) is 14.4 Å². The van der Waals surface area contributed by atoms with Crippen LogP contribution in [0.2, 0.25) is 0 Å². The van der Waals surface area contributed by atoms with Crippen molar-refractivity contribution in [3.05, 3.63) is 54.6 Å².